The molecule has 0 radical (unpaired) electrons. The fraction of sp³-hybridized carbons (Fsp3) is 0.727. The van der Waals surface area contributed by atoms with Crippen LogP contribution in [0.4, 0.5) is 0 Å². The molecule has 5 heteroatoms. The predicted octanol–water partition coefficient (Wildman–Crippen LogP) is 4.04. The van der Waals surface area contributed by atoms with Crippen molar-refractivity contribution in [2.45, 2.75) is 39.2 Å². The van der Waals surface area contributed by atoms with Crippen LogP contribution in [0.25, 0.3) is 0 Å². The summed E-state index contributed by atoms with van der Waals surface area (Å²) in [5.74, 6) is 1.45. The van der Waals surface area contributed by atoms with E-state index >= 15 is 0 Å². The van der Waals surface area contributed by atoms with Gasteiger partial charge in [-0.05, 0) is 36.2 Å². The maximum Gasteiger partial charge on any atom is 0.280 e. The van der Waals surface area contributed by atoms with Gasteiger partial charge in [-0.15, -0.1) is 0 Å². The first kappa shape index (κ1) is 12.5. The van der Waals surface area contributed by atoms with Crippen molar-refractivity contribution in [2.24, 2.45) is 11.8 Å². The number of rotatable bonds is 2. The third-order valence-corrected chi connectivity index (χ3v) is 5.19. The largest absolute Gasteiger partial charge is 0.280 e. The lowest BCUT2D eigenvalue weighted by atomic mass is 9.83. The van der Waals surface area contributed by atoms with E-state index in [1.807, 2.05) is 0 Å². The van der Waals surface area contributed by atoms with Crippen LogP contribution in [0.15, 0.2) is 4.79 Å². The zero-order valence-electron chi connectivity index (χ0n) is 9.21. The third kappa shape index (κ3) is 2.63. The van der Waals surface area contributed by atoms with Crippen LogP contribution in [0.5, 0.6) is 0 Å². The van der Waals surface area contributed by atoms with Crippen molar-refractivity contribution in [3.8, 4) is 0 Å². The van der Waals surface area contributed by atoms with Crippen molar-refractivity contribution in [3.63, 3.8) is 0 Å². The highest BCUT2D eigenvalue weighted by atomic mass is 35.5. The van der Waals surface area contributed by atoms with Crippen LogP contribution in [-0.2, 0) is 6.54 Å². The SMILES string of the molecule is CC1CCC(Cn2sc(Cl)c(Cl)c2=O)CC1. The molecular formula is C11H15Cl2NOS. The minimum atomic E-state index is -0.129. The molecule has 1 heterocycles. The van der Waals surface area contributed by atoms with E-state index in [1.54, 1.807) is 3.96 Å². The monoisotopic (exact) mass is 279 g/mol. The summed E-state index contributed by atoms with van der Waals surface area (Å²) in [5.41, 5.74) is -0.129. The van der Waals surface area contributed by atoms with Gasteiger partial charge < -0.3 is 0 Å². The van der Waals surface area contributed by atoms with Crippen molar-refractivity contribution in [1.29, 1.82) is 0 Å². The van der Waals surface area contributed by atoms with Crippen molar-refractivity contribution in [1.82, 2.24) is 3.96 Å². The first-order valence-electron chi connectivity index (χ1n) is 5.63. The zero-order valence-corrected chi connectivity index (χ0v) is 11.5. The summed E-state index contributed by atoms with van der Waals surface area (Å²) in [5, 5.41) is 0.177. The Morgan fingerprint density at radius 3 is 2.44 bits per heavy atom. The molecule has 0 bridgehead atoms. The van der Waals surface area contributed by atoms with Crippen LogP contribution in [0.2, 0.25) is 9.36 Å². The lowest BCUT2D eigenvalue weighted by Gasteiger charge is -2.25. The van der Waals surface area contributed by atoms with Crippen molar-refractivity contribution in [2.75, 3.05) is 0 Å². The van der Waals surface area contributed by atoms with Crippen LogP contribution in [0, 0.1) is 11.8 Å². The molecule has 1 fully saturated rings. The van der Waals surface area contributed by atoms with Gasteiger partial charge in [0.2, 0.25) is 0 Å². The van der Waals surface area contributed by atoms with Crippen LogP contribution in [0.3, 0.4) is 0 Å². The molecule has 0 aliphatic heterocycles. The lowest BCUT2D eigenvalue weighted by molar-refractivity contribution is 0.268. The third-order valence-electron chi connectivity index (χ3n) is 3.34. The van der Waals surface area contributed by atoms with Gasteiger partial charge in [0.15, 0.2) is 0 Å². The topological polar surface area (TPSA) is 22.0 Å². The lowest BCUT2D eigenvalue weighted by Crippen LogP contribution is -2.22. The molecule has 1 aliphatic carbocycles. The second kappa shape index (κ2) is 5.11. The average molecular weight is 280 g/mol. The highest BCUT2D eigenvalue weighted by molar-refractivity contribution is 7.11. The van der Waals surface area contributed by atoms with E-state index < -0.39 is 0 Å². The van der Waals surface area contributed by atoms with Gasteiger partial charge in [-0.3, -0.25) is 8.75 Å². The van der Waals surface area contributed by atoms with Gasteiger partial charge in [0.1, 0.15) is 9.36 Å². The molecule has 0 unspecified atom stereocenters. The van der Waals surface area contributed by atoms with Gasteiger partial charge >= 0.3 is 0 Å². The Hall–Kier alpha value is 0.01000. The maximum absolute atomic E-state index is 11.7. The van der Waals surface area contributed by atoms with Crippen molar-refractivity contribution < 1.29 is 0 Å². The Bertz CT molecular complexity index is 418. The van der Waals surface area contributed by atoms with E-state index in [9.17, 15) is 4.79 Å². The highest BCUT2D eigenvalue weighted by Crippen LogP contribution is 2.31. The van der Waals surface area contributed by atoms with Crippen LogP contribution < -0.4 is 5.56 Å². The zero-order chi connectivity index (χ0) is 11.7. The predicted molar refractivity (Wildman–Crippen MR) is 69.7 cm³/mol. The average Bonchev–Trinajstić information content (AvgIpc) is 2.50. The smallest absolute Gasteiger partial charge is 0.267 e. The van der Waals surface area contributed by atoms with E-state index in [0.29, 0.717) is 10.3 Å². The number of halogens is 2. The summed E-state index contributed by atoms with van der Waals surface area (Å²) in [6.45, 7) is 3.07. The molecule has 90 valence electrons. The van der Waals surface area contributed by atoms with Gasteiger partial charge in [0.25, 0.3) is 5.56 Å². The molecule has 0 saturated heterocycles. The first-order chi connectivity index (χ1) is 7.58. The van der Waals surface area contributed by atoms with E-state index in [-0.39, 0.29) is 10.6 Å². The second-order valence-electron chi connectivity index (χ2n) is 4.67. The quantitative estimate of drug-likeness (QED) is 0.801. The van der Waals surface area contributed by atoms with Crippen LogP contribution in [0.1, 0.15) is 32.6 Å². The molecule has 2 rings (SSSR count). The molecule has 1 saturated carbocycles. The summed E-state index contributed by atoms with van der Waals surface area (Å²) in [7, 11) is 0. The molecule has 1 aromatic heterocycles. The molecule has 0 spiro atoms. The van der Waals surface area contributed by atoms with Crippen molar-refractivity contribution >= 4 is 34.7 Å². The van der Waals surface area contributed by atoms with E-state index in [4.69, 9.17) is 23.2 Å². The van der Waals surface area contributed by atoms with Gasteiger partial charge in [0, 0.05) is 6.54 Å². The van der Waals surface area contributed by atoms with Gasteiger partial charge in [-0.2, -0.15) is 0 Å². The molecule has 0 amide bonds. The fourth-order valence-corrected chi connectivity index (χ4v) is 3.65. The Morgan fingerprint density at radius 1 is 1.31 bits per heavy atom. The Balaban J connectivity index is 2.04. The van der Waals surface area contributed by atoms with Gasteiger partial charge in [-0.25, -0.2) is 0 Å². The summed E-state index contributed by atoms with van der Waals surface area (Å²) in [6.07, 6.45) is 4.96. The first-order valence-corrected chi connectivity index (χ1v) is 7.16. The highest BCUT2D eigenvalue weighted by Gasteiger charge is 2.20. The number of hydrogen-bond donors (Lipinski definition) is 0. The molecular weight excluding hydrogens is 265 g/mol. The Labute approximate surface area is 109 Å². The maximum atomic E-state index is 11.7. The minimum Gasteiger partial charge on any atom is -0.267 e. The van der Waals surface area contributed by atoms with Gasteiger partial charge in [-0.1, -0.05) is 43.0 Å². The van der Waals surface area contributed by atoms with Crippen LogP contribution >= 0.6 is 34.7 Å². The van der Waals surface area contributed by atoms with Crippen molar-refractivity contribution in [3.05, 3.63) is 19.7 Å². The number of hydrogen-bond acceptors (Lipinski definition) is 2. The molecule has 0 aromatic carbocycles. The fourth-order valence-electron chi connectivity index (χ4n) is 2.24. The standard InChI is InChI=1S/C11H15Cl2NOS/c1-7-2-4-8(5-3-7)6-14-11(15)9(12)10(13)16-14/h7-8H,2-6H2,1H3. The number of nitrogens with zero attached hydrogens (tertiary/aromatic N) is 1. The molecule has 1 aromatic rings. The van der Waals surface area contributed by atoms with E-state index in [0.717, 1.165) is 12.5 Å². The van der Waals surface area contributed by atoms with Gasteiger partial charge in [0.05, 0.1) is 0 Å². The summed E-state index contributed by atoms with van der Waals surface area (Å²) in [6, 6.07) is 0. The Morgan fingerprint density at radius 2 is 1.94 bits per heavy atom. The second-order valence-corrected chi connectivity index (χ2v) is 6.68. The molecule has 16 heavy (non-hydrogen) atoms. The van der Waals surface area contributed by atoms with E-state index in [2.05, 4.69) is 6.92 Å². The molecule has 0 N–H and O–H groups in total. The minimum absolute atomic E-state index is 0.129. The molecule has 1 aliphatic rings. The van der Waals surface area contributed by atoms with E-state index in [1.165, 1.54) is 37.2 Å². The summed E-state index contributed by atoms with van der Waals surface area (Å²) < 4.78 is 2.11. The molecule has 0 atom stereocenters. The normalized spacial score (nSPS) is 25.9. The molecule has 2 nitrogen and oxygen atoms in total. The summed E-state index contributed by atoms with van der Waals surface area (Å²) in [4.78, 5) is 11.7. The Kier molecular flexibility index (Phi) is 3.98. The summed E-state index contributed by atoms with van der Waals surface area (Å²) >= 11 is 12.9. The number of aromatic nitrogens is 1. The van der Waals surface area contributed by atoms with Crippen LogP contribution in [-0.4, -0.2) is 3.96 Å².